The molecule has 2 heteroatoms. The molecule has 1 unspecified atom stereocenters. The SMILES string of the molecule is CNC/C=C\CC1CCN(C(C)C)C1. The molecule has 1 aliphatic rings. The lowest BCUT2D eigenvalue weighted by atomic mass is 10.1. The average molecular weight is 196 g/mol. The first-order chi connectivity index (χ1) is 6.74. The monoisotopic (exact) mass is 196 g/mol. The second-order valence-corrected chi connectivity index (χ2v) is 4.51. The zero-order valence-corrected chi connectivity index (χ0v) is 9.79. The van der Waals surface area contributed by atoms with E-state index in [0.717, 1.165) is 18.5 Å². The lowest BCUT2D eigenvalue weighted by Gasteiger charge is -2.19. The molecule has 1 saturated heterocycles. The smallest absolute Gasteiger partial charge is 0.0131 e. The van der Waals surface area contributed by atoms with Crippen molar-refractivity contribution in [3.05, 3.63) is 12.2 Å². The fourth-order valence-corrected chi connectivity index (χ4v) is 2.01. The van der Waals surface area contributed by atoms with Gasteiger partial charge in [0, 0.05) is 19.1 Å². The first-order valence-corrected chi connectivity index (χ1v) is 5.77. The molecule has 2 nitrogen and oxygen atoms in total. The third kappa shape index (κ3) is 3.81. The minimum atomic E-state index is 0.723. The summed E-state index contributed by atoms with van der Waals surface area (Å²) in [5.74, 6) is 0.894. The highest BCUT2D eigenvalue weighted by Gasteiger charge is 2.22. The molecule has 0 bridgehead atoms. The highest BCUT2D eigenvalue weighted by molar-refractivity contribution is 4.89. The molecule has 82 valence electrons. The van der Waals surface area contributed by atoms with Crippen LogP contribution in [0.15, 0.2) is 12.2 Å². The van der Waals surface area contributed by atoms with E-state index in [1.165, 1.54) is 25.9 Å². The van der Waals surface area contributed by atoms with Crippen molar-refractivity contribution in [1.82, 2.24) is 10.2 Å². The van der Waals surface area contributed by atoms with Crippen molar-refractivity contribution >= 4 is 0 Å². The zero-order chi connectivity index (χ0) is 10.4. The molecule has 0 saturated carbocycles. The Morgan fingerprint density at radius 1 is 1.43 bits per heavy atom. The van der Waals surface area contributed by atoms with Crippen LogP contribution in [0.1, 0.15) is 26.7 Å². The van der Waals surface area contributed by atoms with Gasteiger partial charge >= 0.3 is 0 Å². The number of likely N-dealkylation sites (N-methyl/N-ethyl adjacent to an activating group) is 1. The average Bonchev–Trinajstić information content (AvgIpc) is 2.61. The van der Waals surface area contributed by atoms with E-state index >= 15 is 0 Å². The van der Waals surface area contributed by atoms with Crippen LogP contribution in [0.3, 0.4) is 0 Å². The number of hydrogen-bond donors (Lipinski definition) is 1. The summed E-state index contributed by atoms with van der Waals surface area (Å²) in [5.41, 5.74) is 0. The molecule has 0 aromatic rings. The highest BCUT2D eigenvalue weighted by atomic mass is 15.2. The largest absolute Gasteiger partial charge is 0.316 e. The van der Waals surface area contributed by atoms with Gasteiger partial charge < -0.3 is 10.2 Å². The van der Waals surface area contributed by atoms with Gasteiger partial charge in [0.15, 0.2) is 0 Å². The fourth-order valence-electron chi connectivity index (χ4n) is 2.01. The number of rotatable bonds is 5. The molecule has 0 aliphatic carbocycles. The van der Waals surface area contributed by atoms with Gasteiger partial charge in [0.05, 0.1) is 0 Å². The van der Waals surface area contributed by atoms with Gasteiger partial charge in [-0.15, -0.1) is 0 Å². The van der Waals surface area contributed by atoms with Crippen LogP contribution < -0.4 is 5.32 Å². The first-order valence-electron chi connectivity index (χ1n) is 5.77. The van der Waals surface area contributed by atoms with Crippen LogP contribution in [0.2, 0.25) is 0 Å². The molecule has 1 atom stereocenters. The van der Waals surface area contributed by atoms with Crippen LogP contribution in [0.5, 0.6) is 0 Å². The second kappa shape index (κ2) is 6.20. The molecule has 1 aliphatic heterocycles. The zero-order valence-electron chi connectivity index (χ0n) is 9.79. The quantitative estimate of drug-likeness (QED) is 0.675. The minimum Gasteiger partial charge on any atom is -0.316 e. The molecule has 1 rings (SSSR count). The Morgan fingerprint density at radius 3 is 2.79 bits per heavy atom. The van der Waals surface area contributed by atoms with Crippen molar-refractivity contribution in [1.29, 1.82) is 0 Å². The summed E-state index contributed by atoms with van der Waals surface area (Å²) >= 11 is 0. The molecular weight excluding hydrogens is 172 g/mol. The summed E-state index contributed by atoms with van der Waals surface area (Å²) in [6, 6.07) is 0.723. The maximum atomic E-state index is 3.12. The highest BCUT2D eigenvalue weighted by Crippen LogP contribution is 2.21. The Hall–Kier alpha value is -0.340. The molecule has 0 amide bonds. The van der Waals surface area contributed by atoms with E-state index in [1.54, 1.807) is 0 Å². The van der Waals surface area contributed by atoms with Gasteiger partial charge in [-0.05, 0) is 46.2 Å². The lowest BCUT2D eigenvalue weighted by Crippen LogP contribution is -2.28. The summed E-state index contributed by atoms with van der Waals surface area (Å²) < 4.78 is 0. The molecule has 0 radical (unpaired) electrons. The Labute approximate surface area is 88.4 Å². The van der Waals surface area contributed by atoms with Crippen molar-refractivity contribution in [2.75, 3.05) is 26.7 Å². The van der Waals surface area contributed by atoms with Crippen LogP contribution in [-0.2, 0) is 0 Å². The second-order valence-electron chi connectivity index (χ2n) is 4.51. The fraction of sp³-hybridized carbons (Fsp3) is 0.833. The van der Waals surface area contributed by atoms with Crippen molar-refractivity contribution in [3.63, 3.8) is 0 Å². The third-order valence-corrected chi connectivity index (χ3v) is 3.01. The first kappa shape index (κ1) is 11.7. The molecule has 1 N–H and O–H groups in total. The maximum Gasteiger partial charge on any atom is 0.0131 e. The standard InChI is InChI=1S/C12H24N2/c1-11(2)14-9-7-12(10-14)6-4-5-8-13-3/h4-5,11-13H,6-10H2,1-3H3/b5-4-. The predicted molar refractivity (Wildman–Crippen MR) is 62.5 cm³/mol. The van der Waals surface area contributed by atoms with Gasteiger partial charge in [0.25, 0.3) is 0 Å². The topological polar surface area (TPSA) is 15.3 Å². The van der Waals surface area contributed by atoms with Gasteiger partial charge in [-0.2, -0.15) is 0 Å². The van der Waals surface area contributed by atoms with E-state index in [2.05, 4.69) is 36.2 Å². The molecule has 1 fully saturated rings. The van der Waals surface area contributed by atoms with Crippen molar-refractivity contribution < 1.29 is 0 Å². The van der Waals surface area contributed by atoms with Crippen molar-refractivity contribution in [3.8, 4) is 0 Å². The molecule has 1 heterocycles. The molecule has 0 aromatic heterocycles. The third-order valence-electron chi connectivity index (χ3n) is 3.01. The normalized spacial score (nSPS) is 24.1. The Bertz CT molecular complexity index is 175. The molecular formula is C12H24N2. The van der Waals surface area contributed by atoms with Crippen LogP contribution in [-0.4, -0.2) is 37.6 Å². The van der Waals surface area contributed by atoms with E-state index in [-0.39, 0.29) is 0 Å². The number of allylic oxidation sites excluding steroid dienone is 1. The Kier molecular flexibility index (Phi) is 5.20. The van der Waals surface area contributed by atoms with E-state index in [0.29, 0.717) is 0 Å². The lowest BCUT2D eigenvalue weighted by molar-refractivity contribution is 0.265. The van der Waals surface area contributed by atoms with E-state index in [9.17, 15) is 0 Å². The van der Waals surface area contributed by atoms with Crippen molar-refractivity contribution in [2.24, 2.45) is 5.92 Å². The Morgan fingerprint density at radius 2 is 2.21 bits per heavy atom. The van der Waals surface area contributed by atoms with E-state index < -0.39 is 0 Å². The van der Waals surface area contributed by atoms with Gasteiger partial charge in [0.1, 0.15) is 0 Å². The van der Waals surface area contributed by atoms with Gasteiger partial charge in [-0.1, -0.05) is 12.2 Å². The number of nitrogens with zero attached hydrogens (tertiary/aromatic N) is 1. The van der Waals surface area contributed by atoms with Crippen LogP contribution in [0.25, 0.3) is 0 Å². The van der Waals surface area contributed by atoms with E-state index in [4.69, 9.17) is 0 Å². The summed E-state index contributed by atoms with van der Waals surface area (Å²) in [6.07, 6.45) is 7.19. The van der Waals surface area contributed by atoms with Crippen LogP contribution in [0.4, 0.5) is 0 Å². The van der Waals surface area contributed by atoms with Gasteiger partial charge in [-0.25, -0.2) is 0 Å². The summed E-state index contributed by atoms with van der Waals surface area (Å²) in [6.45, 7) is 8.17. The minimum absolute atomic E-state index is 0.723. The predicted octanol–water partition coefficient (Wildman–Crippen LogP) is 1.88. The molecule has 0 spiro atoms. The Balaban J connectivity index is 2.16. The maximum absolute atomic E-state index is 3.12. The summed E-state index contributed by atoms with van der Waals surface area (Å²) in [4.78, 5) is 2.58. The number of nitrogens with one attached hydrogen (secondary N) is 1. The van der Waals surface area contributed by atoms with Crippen LogP contribution in [0, 0.1) is 5.92 Å². The van der Waals surface area contributed by atoms with Gasteiger partial charge in [0.2, 0.25) is 0 Å². The number of likely N-dealkylation sites (tertiary alicyclic amines) is 1. The summed E-state index contributed by atoms with van der Waals surface area (Å²) in [5, 5.41) is 3.12. The molecule has 0 aromatic carbocycles. The summed E-state index contributed by atoms with van der Waals surface area (Å²) in [7, 11) is 1.99. The van der Waals surface area contributed by atoms with Crippen molar-refractivity contribution in [2.45, 2.75) is 32.7 Å². The molecule has 14 heavy (non-hydrogen) atoms. The number of hydrogen-bond acceptors (Lipinski definition) is 2. The van der Waals surface area contributed by atoms with Gasteiger partial charge in [-0.3, -0.25) is 0 Å². The van der Waals surface area contributed by atoms with E-state index in [1.807, 2.05) is 7.05 Å². The van der Waals surface area contributed by atoms with Crippen LogP contribution >= 0.6 is 0 Å².